The summed E-state index contributed by atoms with van der Waals surface area (Å²) in [5.74, 6) is 0.585. The minimum atomic E-state index is -0.644. The van der Waals surface area contributed by atoms with Gasteiger partial charge in [0.15, 0.2) is 0 Å². The second kappa shape index (κ2) is 6.20. The summed E-state index contributed by atoms with van der Waals surface area (Å²) >= 11 is 6.01. The average Bonchev–Trinajstić information content (AvgIpc) is 3.00. The van der Waals surface area contributed by atoms with Crippen molar-refractivity contribution in [3.8, 4) is 5.75 Å². The minimum Gasteiger partial charge on any atom is -0.496 e. The van der Waals surface area contributed by atoms with Crippen LogP contribution in [0.2, 0.25) is 5.02 Å². The van der Waals surface area contributed by atoms with E-state index < -0.39 is 11.2 Å². The van der Waals surface area contributed by atoms with Gasteiger partial charge in [-0.25, -0.2) is 4.79 Å². The second-order valence-electron chi connectivity index (χ2n) is 5.60. The summed E-state index contributed by atoms with van der Waals surface area (Å²) in [4.78, 5) is 30.8. The molecule has 0 unspecified atom stereocenters. The number of fused-ring (bicyclic) bond motifs is 3. The molecule has 4 aromatic rings. The standard InChI is InChI=1S/C18H13ClN4O3/c1-26-14-5-3-2-4-10(14)9-20-23-17(24)16-15(22-18(23)25)12-8-11(19)6-7-13(12)21-16/h2-9,21H,1H3,(H,22,25)/b20-9+. The van der Waals surface area contributed by atoms with Gasteiger partial charge in [-0.2, -0.15) is 5.10 Å². The minimum absolute atomic E-state index is 0.249. The van der Waals surface area contributed by atoms with Crippen molar-refractivity contribution in [2.75, 3.05) is 7.11 Å². The van der Waals surface area contributed by atoms with E-state index in [9.17, 15) is 9.59 Å². The van der Waals surface area contributed by atoms with Crippen LogP contribution in [0.5, 0.6) is 5.75 Å². The Kier molecular flexibility index (Phi) is 3.85. The monoisotopic (exact) mass is 368 g/mol. The first-order valence-electron chi connectivity index (χ1n) is 7.72. The van der Waals surface area contributed by atoms with Crippen molar-refractivity contribution >= 4 is 39.8 Å². The van der Waals surface area contributed by atoms with Crippen LogP contribution in [0.15, 0.2) is 57.2 Å². The molecule has 4 rings (SSSR count). The van der Waals surface area contributed by atoms with E-state index in [2.05, 4.69) is 15.1 Å². The van der Waals surface area contributed by atoms with E-state index >= 15 is 0 Å². The number of rotatable bonds is 3. The summed E-state index contributed by atoms with van der Waals surface area (Å²) in [5, 5.41) is 5.21. The quantitative estimate of drug-likeness (QED) is 0.544. The zero-order valence-corrected chi connectivity index (χ0v) is 14.4. The van der Waals surface area contributed by atoms with Gasteiger partial charge in [0.05, 0.1) is 18.8 Å². The number of nitrogens with zero attached hydrogens (tertiary/aromatic N) is 2. The van der Waals surface area contributed by atoms with Crippen LogP contribution in [0.4, 0.5) is 0 Å². The van der Waals surface area contributed by atoms with Crippen LogP contribution < -0.4 is 16.0 Å². The number of nitrogens with one attached hydrogen (secondary N) is 2. The summed E-state index contributed by atoms with van der Waals surface area (Å²) < 4.78 is 6.00. The molecule has 0 radical (unpaired) electrons. The van der Waals surface area contributed by atoms with Gasteiger partial charge in [0.2, 0.25) is 0 Å². The maximum absolute atomic E-state index is 12.7. The van der Waals surface area contributed by atoms with Crippen LogP contribution >= 0.6 is 11.6 Å². The number of aromatic amines is 2. The highest BCUT2D eigenvalue weighted by molar-refractivity contribution is 6.31. The fraction of sp³-hybridized carbons (Fsp3) is 0.0556. The molecule has 130 valence electrons. The molecule has 0 saturated carbocycles. The van der Waals surface area contributed by atoms with Gasteiger partial charge in [-0.3, -0.25) is 4.79 Å². The van der Waals surface area contributed by atoms with Crippen molar-refractivity contribution in [2.45, 2.75) is 0 Å². The van der Waals surface area contributed by atoms with Gasteiger partial charge in [-0.15, -0.1) is 4.68 Å². The average molecular weight is 369 g/mol. The number of hydrogen-bond donors (Lipinski definition) is 2. The van der Waals surface area contributed by atoms with Crippen molar-refractivity contribution in [1.82, 2.24) is 14.6 Å². The number of halogens is 1. The summed E-state index contributed by atoms with van der Waals surface area (Å²) in [6, 6.07) is 12.3. The normalized spacial score (nSPS) is 11.6. The predicted octanol–water partition coefficient (Wildman–Crippen LogP) is 2.72. The molecule has 26 heavy (non-hydrogen) atoms. The molecule has 2 heterocycles. The van der Waals surface area contributed by atoms with Crippen LogP contribution in [0.3, 0.4) is 0 Å². The topological polar surface area (TPSA) is 92.2 Å². The maximum Gasteiger partial charge on any atom is 0.350 e. The molecule has 7 nitrogen and oxygen atoms in total. The van der Waals surface area contributed by atoms with E-state index in [0.29, 0.717) is 32.8 Å². The van der Waals surface area contributed by atoms with E-state index in [0.717, 1.165) is 4.68 Å². The predicted molar refractivity (Wildman–Crippen MR) is 102 cm³/mol. The van der Waals surface area contributed by atoms with Crippen LogP contribution in [0.1, 0.15) is 5.56 Å². The van der Waals surface area contributed by atoms with Crippen LogP contribution in [-0.4, -0.2) is 28.0 Å². The smallest absolute Gasteiger partial charge is 0.350 e. The molecule has 0 aliphatic carbocycles. The van der Waals surface area contributed by atoms with E-state index in [-0.39, 0.29) is 5.52 Å². The highest BCUT2D eigenvalue weighted by Crippen LogP contribution is 2.24. The third-order valence-corrected chi connectivity index (χ3v) is 4.28. The molecule has 0 saturated heterocycles. The van der Waals surface area contributed by atoms with Gasteiger partial charge >= 0.3 is 11.2 Å². The van der Waals surface area contributed by atoms with Gasteiger partial charge in [0.25, 0.3) is 0 Å². The number of hydrogen-bond acceptors (Lipinski definition) is 4. The van der Waals surface area contributed by atoms with Crippen molar-refractivity contribution in [1.29, 1.82) is 0 Å². The maximum atomic E-state index is 12.7. The SMILES string of the molecule is COc1ccccc1/C=N/n1c(=O)[nH]c2c([nH]c3ccc(Cl)cc32)c1=O. The molecular weight excluding hydrogens is 356 g/mol. The third-order valence-electron chi connectivity index (χ3n) is 4.04. The Balaban J connectivity index is 1.91. The van der Waals surface area contributed by atoms with Gasteiger partial charge in [0.1, 0.15) is 11.3 Å². The summed E-state index contributed by atoms with van der Waals surface area (Å²) in [6.07, 6.45) is 1.40. The molecule has 8 heteroatoms. The number of methoxy groups -OCH3 is 1. The van der Waals surface area contributed by atoms with Crippen molar-refractivity contribution in [3.63, 3.8) is 0 Å². The van der Waals surface area contributed by atoms with E-state index in [1.54, 1.807) is 30.3 Å². The van der Waals surface area contributed by atoms with Crippen molar-refractivity contribution < 1.29 is 4.74 Å². The fourth-order valence-corrected chi connectivity index (χ4v) is 2.98. The molecule has 0 fully saturated rings. The lowest BCUT2D eigenvalue weighted by Gasteiger charge is -2.03. The number of aromatic nitrogens is 3. The van der Waals surface area contributed by atoms with Crippen molar-refractivity contribution in [3.05, 3.63) is 73.9 Å². The Morgan fingerprint density at radius 2 is 1.92 bits per heavy atom. The van der Waals surface area contributed by atoms with E-state index in [4.69, 9.17) is 16.3 Å². The molecule has 0 aliphatic heterocycles. The lowest BCUT2D eigenvalue weighted by molar-refractivity contribution is 0.414. The van der Waals surface area contributed by atoms with Crippen molar-refractivity contribution in [2.24, 2.45) is 5.10 Å². The fourth-order valence-electron chi connectivity index (χ4n) is 2.81. The van der Waals surface area contributed by atoms with E-state index in [1.165, 1.54) is 13.3 Å². The number of ether oxygens (including phenoxy) is 1. The number of para-hydroxylation sites is 1. The molecule has 2 aromatic carbocycles. The molecule has 0 amide bonds. The van der Waals surface area contributed by atoms with Crippen LogP contribution in [0, 0.1) is 0 Å². The Labute approximate surface area is 151 Å². The van der Waals surface area contributed by atoms with Crippen LogP contribution in [-0.2, 0) is 0 Å². The molecule has 2 aromatic heterocycles. The molecular formula is C18H13ClN4O3. The van der Waals surface area contributed by atoms with Gasteiger partial charge < -0.3 is 14.7 Å². The third kappa shape index (κ3) is 2.58. The zero-order chi connectivity index (χ0) is 18.3. The lowest BCUT2D eigenvalue weighted by Crippen LogP contribution is -2.32. The summed E-state index contributed by atoms with van der Waals surface area (Å²) in [5.41, 5.74) is 0.797. The van der Waals surface area contributed by atoms with Crippen LogP contribution in [0.25, 0.3) is 21.9 Å². The second-order valence-corrected chi connectivity index (χ2v) is 6.03. The zero-order valence-electron chi connectivity index (χ0n) is 13.6. The lowest BCUT2D eigenvalue weighted by atomic mass is 10.2. The molecule has 0 bridgehead atoms. The summed E-state index contributed by atoms with van der Waals surface area (Å²) in [6.45, 7) is 0. The first-order valence-corrected chi connectivity index (χ1v) is 8.10. The Morgan fingerprint density at radius 3 is 2.73 bits per heavy atom. The van der Waals surface area contributed by atoms with Gasteiger partial charge in [0, 0.05) is 21.5 Å². The molecule has 0 aliphatic rings. The molecule has 2 N–H and O–H groups in total. The molecule has 0 spiro atoms. The largest absolute Gasteiger partial charge is 0.496 e. The first-order chi connectivity index (χ1) is 12.6. The Morgan fingerprint density at radius 1 is 1.12 bits per heavy atom. The number of H-pyrrole nitrogens is 2. The highest BCUT2D eigenvalue weighted by atomic mass is 35.5. The molecule has 0 atom stereocenters. The van der Waals surface area contributed by atoms with Gasteiger partial charge in [-0.1, -0.05) is 23.7 Å². The highest BCUT2D eigenvalue weighted by Gasteiger charge is 2.13. The van der Waals surface area contributed by atoms with E-state index in [1.807, 2.05) is 12.1 Å². The summed E-state index contributed by atoms with van der Waals surface area (Å²) in [7, 11) is 1.54. The Hall–Kier alpha value is -3.32. The first kappa shape index (κ1) is 16.2. The Bertz CT molecular complexity index is 1280. The number of benzene rings is 2. The van der Waals surface area contributed by atoms with Gasteiger partial charge in [-0.05, 0) is 30.3 Å².